The maximum atomic E-state index is 5.07. The van der Waals surface area contributed by atoms with Gasteiger partial charge in [0.05, 0.1) is 0 Å². The molecule has 3 rings (SSSR count). The van der Waals surface area contributed by atoms with Gasteiger partial charge < -0.3 is 18.9 Å². The predicted molar refractivity (Wildman–Crippen MR) is 75.3 cm³/mol. The topological polar surface area (TPSA) is 36.9 Å². The van der Waals surface area contributed by atoms with Crippen LogP contribution < -0.4 is 0 Å². The van der Waals surface area contributed by atoms with E-state index in [2.05, 4.69) is 0 Å². The van der Waals surface area contributed by atoms with Crippen LogP contribution in [0.15, 0.2) is 0 Å². The first kappa shape index (κ1) is 16.9. The molecule has 19 heavy (non-hydrogen) atoms. The lowest BCUT2D eigenvalue weighted by Gasteiger charge is -2.08. The second-order valence-electron chi connectivity index (χ2n) is 4.99. The predicted octanol–water partition coefficient (Wildman–Crippen LogP) is 3.14. The summed E-state index contributed by atoms with van der Waals surface area (Å²) in [5, 5.41) is 0. The average Bonchev–Trinajstić information content (AvgIpc) is 2.85. The molecule has 3 aliphatic heterocycles. The molecule has 114 valence electrons. The number of rotatable bonds is 0. The van der Waals surface area contributed by atoms with E-state index < -0.39 is 0 Å². The van der Waals surface area contributed by atoms with Crippen molar-refractivity contribution in [1.82, 2.24) is 0 Å². The minimum Gasteiger partial charge on any atom is -0.381 e. The van der Waals surface area contributed by atoms with Crippen molar-refractivity contribution in [2.75, 3.05) is 46.4 Å². The Balaban J connectivity index is 0.000000143. The Labute approximate surface area is 117 Å². The third-order valence-electron chi connectivity index (χ3n) is 3.15. The summed E-state index contributed by atoms with van der Waals surface area (Å²) < 4.78 is 20.1. The van der Waals surface area contributed by atoms with E-state index in [1.165, 1.54) is 38.5 Å². The lowest BCUT2D eigenvalue weighted by atomic mass is 10.2. The fourth-order valence-corrected chi connectivity index (χ4v) is 1.96. The normalized spacial score (nSPS) is 24.0. The van der Waals surface area contributed by atoms with Crippen LogP contribution in [-0.4, -0.2) is 46.4 Å². The van der Waals surface area contributed by atoms with Gasteiger partial charge in [-0.1, -0.05) is 0 Å². The maximum Gasteiger partial charge on any atom is 0.146 e. The van der Waals surface area contributed by atoms with Crippen LogP contribution in [0.4, 0.5) is 0 Å². The molecule has 0 N–H and O–H groups in total. The van der Waals surface area contributed by atoms with Crippen LogP contribution in [0.1, 0.15) is 51.4 Å². The van der Waals surface area contributed by atoms with Gasteiger partial charge in [-0.15, -0.1) is 0 Å². The van der Waals surface area contributed by atoms with Gasteiger partial charge in [-0.2, -0.15) is 0 Å². The zero-order valence-electron chi connectivity index (χ0n) is 12.2. The summed E-state index contributed by atoms with van der Waals surface area (Å²) in [6.07, 6.45) is 10.2. The number of hydrogen-bond donors (Lipinski definition) is 0. The first-order chi connectivity index (χ1) is 9.50. The second-order valence-corrected chi connectivity index (χ2v) is 4.99. The SMILES string of the molecule is C1CCOCC1.C1CCOCC1.C1CCOCOC1. The molecule has 3 heterocycles. The first-order valence-electron chi connectivity index (χ1n) is 7.81. The Morgan fingerprint density at radius 2 is 0.632 bits per heavy atom. The molecule has 0 radical (unpaired) electrons. The molecule has 4 nitrogen and oxygen atoms in total. The highest BCUT2D eigenvalue weighted by atomic mass is 16.7. The van der Waals surface area contributed by atoms with Crippen molar-refractivity contribution >= 4 is 0 Å². The quantitative estimate of drug-likeness (QED) is 0.680. The van der Waals surface area contributed by atoms with Gasteiger partial charge in [0, 0.05) is 39.6 Å². The van der Waals surface area contributed by atoms with Crippen molar-refractivity contribution in [2.24, 2.45) is 0 Å². The van der Waals surface area contributed by atoms with Crippen molar-refractivity contribution in [3.63, 3.8) is 0 Å². The van der Waals surface area contributed by atoms with Gasteiger partial charge >= 0.3 is 0 Å². The molecule has 4 heteroatoms. The van der Waals surface area contributed by atoms with E-state index in [-0.39, 0.29) is 0 Å². The molecule has 3 saturated heterocycles. The van der Waals surface area contributed by atoms with Crippen LogP contribution in [0.25, 0.3) is 0 Å². The molecule has 0 amide bonds. The zero-order valence-corrected chi connectivity index (χ0v) is 12.2. The highest BCUT2D eigenvalue weighted by Crippen LogP contribution is 2.02. The summed E-state index contributed by atoms with van der Waals surface area (Å²) in [4.78, 5) is 0. The molecule has 0 aromatic rings. The summed E-state index contributed by atoms with van der Waals surface area (Å²) >= 11 is 0. The van der Waals surface area contributed by atoms with Crippen molar-refractivity contribution in [3.8, 4) is 0 Å². The molecule has 0 spiro atoms. The fourth-order valence-electron chi connectivity index (χ4n) is 1.96. The van der Waals surface area contributed by atoms with Crippen LogP contribution in [0.3, 0.4) is 0 Å². The van der Waals surface area contributed by atoms with Crippen LogP contribution in [0, 0.1) is 0 Å². The van der Waals surface area contributed by atoms with E-state index in [0.717, 1.165) is 52.5 Å². The third-order valence-corrected chi connectivity index (χ3v) is 3.15. The first-order valence-corrected chi connectivity index (χ1v) is 7.81. The molecule has 0 unspecified atom stereocenters. The Bertz CT molecular complexity index is 113. The molecule has 0 atom stereocenters. The molecule has 3 fully saturated rings. The highest BCUT2D eigenvalue weighted by Gasteiger charge is 1.96. The van der Waals surface area contributed by atoms with Crippen LogP contribution in [-0.2, 0) is 18.9 Å². The second kappa shape index (κ2) is 14.3. The molecule has 0 aromatic heterocycles. The van der Waals surface area contributed by atoms with Crippen LogP contribution in [0.2, 0.25) is 0 Å². The molecule has 0 aliphatic carbocycles. The largest absolute Gasteiger partial charge is 0.381 e. The monoisotopic (exact) mass is 274 g/mol. The van der Waals surface area contributed by atoms with E-state index in [1.54, 1.807) is 0 Å². The van der Waals surface area contributed by atoms with E-state index in [4.69, 9.17) is 18.9 Å². The van der Waals surface area contributed by atoms with Crippen LogP contribution >= 0.6 is 0 Å². The Morgan fingerprint density at radius 3 is 0.895 bits per heavy atom. The smallest absolute Gasteiger partial charge is 0.146 e. The van der Waals surface area contributed by atoms with Gasteiger partial charge in [-0.25, -0.2) is 0 Å². The van der Waals surface area contributed by atoms with Gasteiger partial charge in [0.2, 0.25) is 0 Å². The summed E-state index contributed by atoms with van der Waals surface area (Å²) in [6, 6.07) is 0. The fraction of sp³-hybridized carbons (Fsp3) is 1.00. The van der Waals surface area contributed by atoms with Gasteiger partial charge in [0.1, 0.15) is 6.79 Å². The number of hydrogen-bond acceptors (Lipinski definition) is 4. The molecule has 0 aromatic carbocycles. The van der Waals surface area contributed by atoms with E-state index in [0.29, 0.717) is 6.79 Å². The van der Waals surface area contributed by atoms with E-state index in [1.807, 2.05) is 0 Å². The Kier molecular flexibility index (Phi) is 12.7. The summed E-state index contributed by atoms with van der Waals surface area (Å²) in [7, 11) is 0. The van der Waals surface area contributed by atoms with E-state index in [9.17, 15) is 0 Å². The minimum absolute atomic E-state index is 0.500. The van der Waals surface area contributed by atoms with Gasteiger partial charge in [-0.3, -0.25) is 0 Å². The van der Waals surface area contributed by atoms with Crippen molar-refractivity contribution in [1.29, 1.82) is 0 Å². The van der Waals surface area contributed by atoms with Crippen molar-refractivity contribution in [2.45, 2.75) is 51.4 Å². The third kappa shape index (κ3) is 12.6. The van der Waals surface area contributed by atoms with Gasteiger partial charge in [0.15, 0.2) is 0 Å². The Hall–Kier alpha value is -0.160. The van der Waals surface area contributed by atoms with Crippen molar-refractivity contribution < 1.29 is 18.9 Å². The molecule has 0 saturated carbocycles. The van der Waals surface area contributed by atoms with Crippen molar-refractivity contribution in [3.05, 3.63) is 0 Å². The van der Waals surface area contributed by atoms with Gasteiger partial charge in [-0.05, 0) is 51.4 Å². The lowest BCUT2D eigenvalue weighted by Crippen LogP contribution is -2.03. The maximum absolute atomic E-state index is 5.07. The van der Waals surface area contributed by atoms with Crippen LogP contribution in [0.5, 0.6) is 0 Å². The standard InChI is InChI=1S/C5H10O2.2C5H10O/c1-2-4-7-5-6-3-1;2*1-2-4-6-5-3-1/h1-5H2;2*1-5H2. The highest BCUT2D eigenvalue weighted by molar-refractivity contribution is 4.45. The molecule has 0 bridgehead atoms. The summed E-state index contributed by atoms with van der Waals surface area (Å²) in [6.45, 7) is 6.25. The van der Waals surface area contributed by atoms with E-state index >= 15 is 0 Å². The zero-order chi connectivity index (χ0) is 13.4. The summed E-state index contributed by atoms with van der Waals surface area (Å²) in [5.74, 6) is 0. The molecule has 3 aliphatic rings. The Morgan fingerprint density at radius 1 is 0.316 bits per heavy atom. The molecular formula is C15H30O4. The molecular weight excluding hydrogens is 244 g/mol. The average molecular weight is 274 g/mol. The summed E-state index contributed by atoms with van der Waals surface area (Å²) in [5.41, 5.74) is 0. The lowest BCUT2D eigenvalue weighted by molar-refractivity contribution is -0.0318. The number of ether oxygens (including phenoxy) is 4. The minimum atomic E-state index is 0.500. The van der Waals surface area contributed by atoms with Gasteiger partial charge in [0.25, 0.3) is 0 Å².